The van der Waals surface area contributed by atoms with E-state index in [1.807, 2.05) is 95.6 Å². The van der Waals surface area contributed by atoms with Gasteiger partial charge in [0.2, 0.25) is 11.8 Å². The summed E-state index contributed by atoms with van der Waals surface area (Å²) < 4.78 is 5.67. The van der Waals surface area contributed by atoms with Crippen molar-refractivity contribution in [2.75, 3.05) is 58.4 Å². The lowest BCUT2D eigenvalue weighted by Gasteiger charge is -2.37. The smallest absolute Gasteiger partial charge is 0.429 e. The molecular formula is C37H48N5O5. The van der Waals surface area contributed by atoms with Crippen molar-refractivity contribution in [3.63, 3.8) is 0 Å². The van der Waals surface area contributed by atoms with Crippen LogP contribution in [0.3, 0.4) is 0 Å². The molecule has 3 aromatic rings. The third-order valence-corrected chi connectivity index (χ3v) is 7.95. The Kier molecular flexibility index (Phi) is 14.1. The second-order valence-electron chi connectivity index (χ2n) is 12.0. The third kappa shape index (κ3) is 11.4. The number of hydrazine groups is 1. The van der Waals surface area contributed by atoms with Gasteiger partial charge in [0.1, 0.15) is 12.4 Å². The van der Waals surface area contributed by atoms with Crippen LogP contribution >= 0.6 is 0 Å². The van der Waals surface area contributed by atoms with E-state index in [0.29, 0.717) is 39.3 Å². The van der Waals surface area contributed by atoms with Crippen molar-refractivity contribution in [3.05, 3.63) is 90.8 Å². The number of carbonyl (C=O) groups excluding carboxylic acids is 3. The highest BCUT2D eigenvalue weighted by Crippen LogP contribution is 2.33. The first kappa shape index (κ1) is 35.4. The molecule has 0 atom stereocenters. The Hall–Kier alpha value is -4.41. The summed E-state index contributed by atoms with van der Waals surface area (Å²) in [6.07, 6.45) is 5.99. The molecule has 10 nitrogen and oxygen atoms in total. The van der Waals surface area contributed by atoms with Gasteiger partial charge in [-0.2, -0.15) is 0 Å². The molecule has 47 heavy (non-hydrogen) atoms. The summed E-state index contributed by atoms with van der Waals surface area (Å²) in [6.45, 7) is 3.32. The van der Waals surface area contributed by atoms with E-state index in [2.05, 4.69) is 11.7 Å². The molecule has 2 N–H and O–H groups in total. The van der Waals surface area contributed by atoms with Crippen LogP contribution in [-0.4, -0.2) is 91.2 Å². The summed E-state index contributed by atoms with van der Waals surface area (Å²) in [5.74, 6) is 0.0754. The average molecular weight is 643 g/mol. The molecule has 1 radical (unpaired) electrons. The van der Waals surface area contributed by atoms with Gasteiger partial charge in [0.15, 0.2) is 0 Å². The number of aromatic hydroxyl groups is 1. The van der Waals surface area contributed by atoms with Gasteiger partial charge < -0.3 is 25.0 Å². The fourth-order valence-corrected chi connectivity index (χ4v) is 5.52. The second-order valence-corrected chi connectivity index (χ2v) is 12.0. The molecule has 1 aliphatic heterocycles. The summed E-state index contributed by atoms with van der Waals surface area (Å²) in [5.41, 5.74) is 3.65. The summed E-state index contributed by atoms with van der Waals surface area (Å²) in [6, 6.07) is 24.7. The van der Waals surface area contributed by atoms with Crippen molar-refractivity contribution in [1.29, 1.82) is 0 Å². The standard InChI is InChI=1S/C37H48N5O5/c1-39(2)29-36(45)40(28-30-18-20-32(43)21-19-30)24-11-4-10-23-38-35(44)22-27-47-37(46)42(41-25-12-5-13-26-41)34-17-9-8-16-33(34)31-14-6-3-7-15-31/h3,5-9,14-21,43H,4,10-13,22-29H2,1-2H3,(H,38,44). The van der Waals surface area contributed by atoms with E-state index in [1.54, 1.807) is 17.1 Å². The number of phenols is 1. The minimum absolute atomic E-state index is 0.0190. The molecule has 1 saturated heterocycles. The van der Waals surface area contributed by atoms with E-state index in [4.69, 9.17) is 4.74 Å². The van der Waals surface area contributed by atoms with Crippen LogP contribution in [0.1, 0.15) is 44.1 Å². The molecule has 0 aromatic heterocycles. The summed E-state index contributed by atoms with van der Waals surface area (Å²) in [4.78, 5) is 42.6. The van der Waals surface area contributed by atoms with Crippen molar-refractivity contribution in [2.24, 2.45) is 0 Å². The van der Waals surface area contributed by atoms with Gasteiger partial charge in [0.05, 0.1) is 18.7 Å². The normalized spacial score (nSPS) is 13.3. The predicted molar refractivity (Wildman–Crippen MR) is 184 cm³/mol. The van der Waals surface area contributed by atoms with Crippen LogP contribution in [0.4, 0.5) is 10.5 Å². The molecule has 251 valence electrons. The Bertz CT molecular complexity index is 1410. The number of rotatable bonds is 16. The summed E-state index contributed by atoms with van der Waals surface area (Å²) in [7, 11) is 3.74. The van der Waals surface area contributed by atoms with Crippen LogP contribution in [-0.2, 0) is 20.9 Å². The van der Waals surface area contributed by atoms with E-state index in [1.165, 1.54) is 0 Å². The third-order valence-electron chi connectivity index (χ3n) is 7.95. The molecule has 1 aliphatic rings. The van der Waals surface area contributed by atoms with Crippen LogP contribution in [0.15, 0.2) is 78.9 Å². The zero-order valence-electron chi connectivity index (χ0n) is 27.6. The zero-order valence-corrected chi connectivity index (χ0v) is 27.6. The number of nitrogens with one attached hydrogen (secondary N) is 1. The molecule has 0 saturated carbocycles. The highest BCUT2D eigenvalue weighted by molar-refractivity contribution is 5.93. The maximum Gasteiger partial charge on any atom is 0.429 e. The topological polar surface area (TPSA) is 106 Å². The fraction of sp³-hybridized carbons (Fsp3) is 0.405. The van der Waals surface area contributed by atoms with Gasteiger partial charge in [0, 0.05) is 38.3 Å². The van der Waals surface area contributed by atoms with Gasteiger partial charge in [-0.1, -0.05) is 60.7 Å². The number of unbranched alkanes of at least 4 members (excludes halogenated alkanes) is 2. The molecular weight excluding hydrogens is 594 g/mol. The number of hydrogen-bond donors (Lipinski definition) is 2. The number of benzene rings is 3. The van der Waals surface area contributed by atoms with Crippen molar-refractivity contribution in [3.8, 4) is 16.9 Å². The van der Waals surface area contributed by atoms with Crippen molar-refractivity contribution in [1.82, 2.24) is 20.1 Å². The molecule has 10 heteroatoms. The van der Waals surface area contributed by atoms with Crippen LogP contribution < -0.4 is 10.3 Å². The van der Waals surface area contributed by atoms with Crippen molar-refractivity contribution >= 4 is 23.6 Å². The largest absolute Gasteiger partial charge is 0.508 e. The Morgan fingerprint density at radius 3 is 2.30 bits per heavy atom. The van der Waals surface area contributed by atoms with Gasteiger partial charge in [-0.25, -0.2) is 14.8 Å². The Morgan fingerprint density at radius 1 is 0.872 bits per heavy atom. The lowest BCUT2D eigenvalue weighted by molar-refractivity contribution is -0.132. The monoisotopic (exact) mass is 642 g/mol. The van der Waals surface area contributed by atoms with E-state index < -0.39 is 6.09 Å². The SMILES string of the molecule is CN(C)CC(=O)N(CCCCCNC(=O)CCOC(=O)N(c1ccccc1-c1ccccc1)N1CC[CH]CC1)Cc1ccc(O)cc1. The van der Waals surface area contributed by atoms with Gasteiger partial charge >= 0.3 is 6.09 Å². The molecule has 3 aromatic carbocycles. The number of likely N-dealkylation sites (N-methyl/N-ethyl adjacent to an activating group) is 1. The highest BCUT2D eigenvalue weighted by atomic mass is 16.6. The van der Waals surface area contributed by atoms with Gasteiger partial charge in [-0.15, -0.1) is 0 Å². The number of carbonyl (C=O) groups is 3. The Labute approximate surface area is 278 Å². The molecule has 0 bridgehead atoms. The molecule has 4 rings (SSSR count). The quantitative estimate of drug-likeness (QED) is 0.199. The molecule has 0 spiro atoms. The summed E-state index contributed by atoms with van der Waals surface area (Å²) in [5, 5.41) is 16.1. The van der Waals surface area contributed by atoms with E-state index >= 15 is 0 Å². The molecule has 0 aliphatic carbocycles. The average Bonchev–Trinajstić information content (AvgIpc) is 3.07. The number of amides is 3. The van der Waals surface area contributed by atoms with E-state index in [9.17, 15) is 19.5 Å². The minimum Gasteiger partial charge on any atom is -0.508 e. The van der Waals surface area contributed by atoms with Crippen LogP contribution in [0.5, 0.6) is 5.75 Å². The van der Waals surface area contributed by atoms with Gasteiger partial charge in [0.25, 0.3) is 0 Å². The molecule has 0 unspecified atom stereocenters. The number of piperidine rings is 1. The maximum absolute atomic E-state index is 13.5. The number of para-hydroxylation sites is 1. The predicted octanol–water partition coefficient (Wildman–Crippen LogP) is 5.48. The maximum atomic E-state index is 13.5. The fourth-order valence-electron chi connectivity index (χ4n) is 5.52. The number of hydrogen-bond acceptors (Lipinski definition) is 7. The summed E-state index contributed by atoms with van der Waals surface area (Å²) >= 11 is 0. The number of phenolic OH excluding ortho intramolecular Hbond substituents is 1. The first-order valence-corrected chi connectivity index (χ1v) is 16.5. The van der Waals surface area contributed by atoms with Crippen molar-refractivity contribution in [2.45, 2.75) is 45.1 Å². The molecule has 1 heterocycles. The highest BCUT2D eigenvalue weighted by Gasteiger charge is 2.28. The minimum atomic E-state index is -0.497. The lowest BCUT2D eigenvalue weighted by Crippen LogP contribution is -2.50. The van der Waals surface area contributed by atoms with Crippen molar-refractivity contribution < 1.29 is 24.2 Å². The van der Waals surface area contributed by atoms with Gasteiger partial charge in [-0.05, 0) is 81.9 Å². The Balaban J connectivity index is 1.22. The molecule has 1 fully saturated rings. The second kappa shape index (κ2) is 18.7. The number of anilines is 1. The van der Waals surface area contributed by atoms with E-state index in [-0.39, 0.29) is 30.6 Å². The zero-order chi connectivity index (χ0) is 33.4. The first-order chi connectivity index (χ1) is 22.8. The number of nitrogens with zero attached hydrogens (tertiary/aromatic N) is 4. The van der Waals surface area contributed by atoms with Gasteiger partial charge in [-0.3, -0.25) is 9.59 Å². The van der Waals surface area contributed by atoms with Crippen LogP contribution in [0, 0.1) is 6.42 Å². The molecule has 3 amide bonds. The van der Waals surface area contributed by atoms with E-state index in [0.717, 1.165) is 54.5 Å². The van der Waals surface area contributed by atoms with Crippen LogP contribution in [0.25, 0.3) is 11.1 Å². The number of ether oxygens (including phenoxy) is 1. The first-order valence-electron chi connectivity index (χ1n) is 16.5. The lowest BCUT2D eigenvalue weighted by atomic mass is 10.0. The van der Waals surface area contributed by atoms with Crippen LogP contribution in [0.2, 0.25) is 0 Å². The Morgan fingerprint density at radius 2 is 1.57 bits per heavy atom.